The van der Waals surface area contributed by atoms with Gasteiger partial charge < -0.3 is 14.8 Å². The first-order valence-corrected chi connectivity index (χ1v) is 12.2. The van der Waals surface area contributed by atoms with Gasteiger partial charge in [-0.15, -0.1) is 0 Å². The summed E-state index contributed by atoms with van der Waals surface area (Å²) >= 11 is 0. The molecule has 0 aliphatic carbocycles. The van der Waals surface area contributed by atoms with Gasteiger partial charge in [0, 0.05) is 19.0 Å². The molecule has 0 heterocycles. The molecular formula is C23H32N2O5S. The molecule has 0 aliphatic heterocycles. The third kappa shape index (κ3) is 8.88. The van der Waals surface area contributed by atoms with E-state index in [4.69, 9.17) is 9.47 Å². The molecule has 0 unspecified atom stereocenters. The van der Waals surface area contributed by atoms with E-state index in [0.29, 0.717) is 31.0 Å². The molecule has 7 nitrogen and oxygen atoms in total. The van der Waals surface area contributed by atoms with Gasteiger partial charge in [0.1, 0.15) is 18.1 Å². The van der Waals surface area contributed by atoms with Gasteiger partial charge in [-0.1, -0.05) is 18.2 Å². The molecule has 0 aliphatic rings. The minimum atomic E-state index is -3.49. The average Bonchev–Trinajstić information content (AvgIpc) is 2.67. The third-order valence-electron chi connectivity index (χ3n) is 4.33. The highest BCUT2D eigenvalue weighted by Crippen LogP contribution is 2.24. The number of nitrogens with zero attached hydrogens (tertiary/aromatic N) is 1. The largest absolute Gasteiger partial charge is 0.492 e. The predicted molar refractivity (Wildman–Crippen MR) is 123 cm³/mol. The second-order valence-corrected chi connectivity index (χ2v) is 9.52. The molecule has 0 fully saturated rings. The number of benzene rings is 2. The first kappa shape index (κ1) is 24.5. The standard InChI is InChI=1S/C23H32N2O5S/c1-18(2)30-22-11-6-9-20(17-22)25(31(4,27)28)14-7-12-23(26)24-13-15-29-21-10-5-8-19(3)16-21/h5-6,8-11,16-18H,7,12-15H2,1-4H3,(H,24,26). The van der Waals surface area contributed by atoms with E-state index >= 15 is 0 Å². The first-order chi connectivity index (χ1) is 14.6. The lowest BCUT2D eigenvalue weighted by Crippen LogP contribution is -2.33. The smallest absolute Gasteiger partial charge is 0.232 e. The molecule has 0 aromatic heterocycles. The van der Waals surface area contributed by atoms with Crippen LogP contribution in [0.3, 0.4) is 0 Å². The Balaban J connectivity index is 1.81. The van der Waals surface area contributed by atoms with Gasteiger partial charge in [0.25, 0.3) is 0 Å². The monoisotopic (exact) mass is 448 g/mol. The summed E-state index contributed by atoms with van der Waals surface area (Å²) in [4.78, 5) is 12.1. The van der Waals surface area contributed by atoms with Gasteiger partial charge in [-0.25, -0.2) is 8.42 Å². The van der Waals surface area contributed by atoms with Crippen LogP contribution in [-0.2, 0) is 14.8 Å². The van der Waals surface area contributed by atoms with E-state index in [1.807, 2.05) is 45.0 Å². The van der Waals surface area contributed by atoms with Crippen LogP contribution in [0.1, 0.15) is 32.3 Å². The van der Waals surface area contributed by atoms with E-state index in [2.05, 4.69) is 5.32 Å². The molecule has 31 heavy (non-hydrogen) atoms. The predicted octanol–water partition coefficient (Wildman–Crippen LogP) is 3.52. The lowest BCUT2D eigenvalue weighted by Gasteiger charge is -2.23. The number of carbonyl (C=O) groups is 1. The van der Waals surface area contributed by atoms with Crippen molar-refractivity contribution in [2.75, 3.05) is 30.3 Å². The summed E-state index contributed by atoms with van der Waals surface area (Å²) in [5.41, 5.74) is 1.63. The van der Waals surface area contributed by atoms with Crippen molar-refractivity contribution in [3.05, 3.63) is 54.1 Å². The van der Waals surface area contributed by atoms with Gasteiger partial charge in [0.15, 0.2) is 0 Å². The average molecular weight is 449 g/mol. The summed E-state index contributed by atoms with van der Waals surface area (Å²) in [6, 6.07) is 14.7. The van der Waals surface area contributed by atoms with Crippen molar-refractivity contribution < 1.29 is 22.7 Å². The zero-order valence-electron chi connectivity index (χ0n) is 18.6. The minimum Gasteiger partial charge on any atom is -0.492 e. The van der Waals surface area contributed by atoms with Crippen LogP contribution in [0.2, 0.25) is 0 Å². The molecule has 0 radical (unpaired) electrons. The molecule has 170 valence electrons. The fourth-order valence-electron chi connectivity index (χ4n) is 3.01. The Labute approximate surface area is 185 Å². The molecule has 8 heteroatoms. The lowest BCUT2D eigenvalue weighted by molar-refractivity contribution is -0.121. The third-order valence-corrected chi connectivity index (χ3v) is 5.52. The number of hydrogen-bond acceptors (Lipinski definition) is 5. The Morgan fingerprint density at radius 2 is 1.81 bits per heavy atom. The van der Waals surface area contributed by atoms with Crippen molar-refractivity contribution in [1.82, 2.24) is 5.32 Å². The van der Waals surface area contributed by atoms with Crippen LogP contribution in [0.25, 0.3) is 0 Å². The number of ether oxygens (including phenoxy) is 2. The number of hydrogen-bond donors (Lipinski definition) is 1. The number of sulfonamides is 1. The van der Waals surface area contributed by atoms with Crippen LogP contribution in [0.4, 0.5) is 5.69 Å². The molecule has 0 saturated carbocycles. The molecule has 0 spiro atoms. The van der Waals surface area contributed by atoms with Gasteiger partial charge in [0.05, 0.1) is 24.6 Å². The summed E-state index contributed by atoms with van der Waals surface area (Å²) < 4.78 is 37.1. The van der Waals surface area contributed by atoms with Crippen LogP contribution in [0.5, 0.6) is 11.5 Å². The van der Waals surface area contributed by atoms with E-state index in [1.165, 1.54) is 4.31 Å². The zero-order chi connectivity index (χ0) is 22.9. The molecule has 2 rings (SSSR count). The summed E-state index contributed by atoms with van der Waals surface area (Å²) in [6.45, 7) is 6.76. The van der Waals surface area contributed by atoms with Crippen LogP contribution < -0.4 is 19.1 Å². The summed E-state index contributed by atoms with van der Waals surface area (Å²) in [6.07, 6.45) is 1.76. The minimum absolute atomic E-state index is 0.0134. The van der Waals surface area contributed by atoms with Crippen molar-refractivity contribution in [1.29, 1.82) is 0 Å². The highest BCUT2D eigenvalue weighted by atomic mass is 32.2. The van der Waals surface area contributed by atoms with Crippen molar-refractivity contribution in [3.8, 4) is 11.5 Å². The number of carbonyl (C=O) groups excluding carboxylic acids is 1. The second kappa shape index (κ2) is 11.6. The van der Waals surface area contributed by atoms with E-state index < -0.39 is 10.0 Å². The molecule has 0 saturated heterocycles. The Morgan fingerprint density at radius 3 is 2.48 bits per heavy atom. The SMILES string of the molecule is Cc1cccc(OCCNC(=O)CCCN(c2cccc(OC(C)C)c2)S(C)(=O)=O)c1. The van der Waals surface area contributed by atoms with Crippen LogP contribution >= 0.6 is 0 Å². The van der Waals surface area contributed by atoms with E-state index in [9.17, 15) is 13.2 Å². The molecule has 2 aromatic carbocycles. The molecule has 1 amide bonds. The number of aryl methyl sites for hydroxylation is 1. The first-order valence-electron chi connectivity index (χ1n) is 10.4. The zero-order valence-corrected chi connectivity index (χ0v) is 19.4. The quantitative estimate of drug-likeness (QED) is 0.502. The fraction of sp³-hybridized carbons (Fsp3) is 0.435. The molecule has 2 aromatic rings. The van der Waals surface area contributed by atoms with Gasteiger partial charge >= 0.3 is 0 Å². The van der Waals surface area contributed by atoms with E-state index in [-0.39, 0.29) is 25.0 Å². The summed E-state index contributed by atoms with van der Waals surface area (Å²) in [5.74, 6) is 1.23. The van der Waals surface area contributed by atoms with Crippen molar-refractivity contribution >= 4 is 21.6 Å². The number of rotatable bonds is 12. The van der Waals surface area contributed by atoms with Crippen LogP contribution in [0, 0.1) is 6.92 Å². The Kier molecular flexibility index (Phi) is 9.18. The van der Waals surface area contributed by atoms with Crippen molar-refractivity contribution in [3.63, 3.8) is 0 Å². The fourth-order valence-corrected chi connectivity index (χ4v) is 3.96. The van der Waals surface area contributed by atoms with E-state index in [1.54, 1.807) is 24.3 Å². The van der Waals surface area contributed by atoms with Gasteiger partial charge in [0.2, 0.25) is 15.9 Å². The topological polar surface area (TPSA) is 84.9 Å². The Morgan fingerprint density at radius 1 is 1.10 bits per heavy atom. The maximum atomic E-state index is 12.3. The number of nitrogens with one attached hydrogen (secondary N) is 1. The van der Waals surface area contributed by atoms with Crippen molar-refractivity contribution in [2.24, 2.45) is 0 Å². The molecule has 0 atom stereocenters. The van der Waals surface area contributed by atoms with Gasteiger partial charge in [-0.3, -0.25) is 9.10 Å². The molecule has 1 N–H and O–H groups in total. The molecular weight excluding hydrogens is 416 g/mol. The van der Waals surface area contributed by atoms with Crippen LogP contribution in [-0.4, -0.2) is 46.4 Å². The van der Waals surface area contributed by atoms with Crippen molar-refractivity contribution in [2.45, 2.75) is 39.7 Å². The molecule has 0 bridgehead atoms. The van der Waals surface area contributed by atoms with E-state index in [0.717, 1.165) is 17.6 Å². The maximum absolute atomic E-state index is 12.3. The number of anilines is 1. The number of amides is 1. The normalized spacial score (nSPS) is 11.3. The van der Waals surface area contributed by atoms with Gasteiger partial charge in [-0.2, -0.15) is 0 Å². The lowest BCUT2D eigenvalue weighted by atomic mass is 10.2. The summed E-state index contributed by atoms with van der Waals surface area (Å²) in [5, 5.41) is 2.80. The Bertz CT molecular complexity index is 960. The maximum Gasteiger partial charge on any atom is 0.232 e. The second-order valence-electron chi connectivity index (χ2n) is 7.62. The van der Waals surface area contributed by atoms with Crippen LogP contribution in [0.15, 0.2) is 48.5 Å². The highest BCUT2D eigenvalue weighted by Gasteiger charge is 2.18. The Hall–Kier alpha value is -2.74. The summed E-state index contributed by atoms with van der Waals surface area (Å²) in [7, 11) is -3.49. The highest BCUT2D eigenvalue weighted by molar-refractivity contribution is 7.92. The van der Waals surface area contributed by atoms with Gasteiger partial charge in [-0.05, 0) is 57.0 Å².